The molecule has 2 aromatic heterocycles. The van der Waals surface area contributed by atoms with Crippen LogP contribution >= 0.6 is 0 Å². The van der Waals surface area contributed by atoms with Gasteiger partial charge in [0.15, 0.2) is 5.65 Å². The molecule has 2 aliphatic rings. The number of rotatable bonds is 4. The van der Waals surface area contributed by atoms with Crippen molar-refractivity contribution in [1.29, 1.82) is 0 Å². The topological polar surface area (TPSA) is 83.1 Å². The van der Waals surface area contributed by atoms with Gasteiger partial charge < -0.3 is 19.9 Å². The number of H-pyrrole nitrogens is 1. The molecule has 10 heteroatoms. The largest absolute Gasteiger partial charge is 0.573 e. The van der Waals surface area contributed by atoms with Gasteiger partial charge in [-0.15, -0.1) is 13.2 Å². The van der Waals surface area contributed by atoms with Crippen molar-refractivity contribution in [3.63, 3.8) is 0 Å². The minimum absolute atomic E-state index is 0.190. The lowest BCUT2D eigenvalue weighted by molar-refractivity contribution is -0.274. The number of carbonyl (C=O) groups is 1. The van der Waals surface area contributed by atoms with Crippen LogP contribution in [0.5, 0.6) is 5.75 Å². The normalized spacial score (nSPS) is 20.1. The first kappa shape index (κ1) is 23.6. The highest BCUT2D eigenvalue weighted by molar-refractivity contribution is 5.94. The molecule has 35 heavy (non-hydrogen) atoms. The summed E-state index contributed by atoms with van der Waals surface area (Å²) >= 11 is 0. The van der Waals surface area contributed by atoms with Gasteiger partial charge in [-0.1, -0.05) is 6.42 Å². The number of aromatic amines is 1. The lowest BCUT2D eigenvalue weighted by Gasteiger charge is -2.32. The number of carbonyl (C=O) groups excluding carboxylic acids is 1. The first-order valence-corrected chi connectivity index (χ1v) is 12.1. The Bertz CT molecular complexity index is 1160. The van der Waals surface area contributed by atoms with E-state index in [1.165, 1.54) is 37.1 Å². The van der Waals surface area contributed by atoms with Crippen molar-refractivity contribution in [3.05, 3.63) is 53.5 Å². The number of hydrogen-bond acceptors (Lipinski definition) is 5. The second-order valence-corrected chi connectivity index (χ2v) is 9.25. The third-order valence-electron chi connectivity index (χ3n) is 6.92. The zero-order chi connectivity index (χ0) is 24.4. The van der Waals surface area contributed by atoms with Crippen molar-refractivity contribution in [2.75, 3.05) is 26.2 Å². The average molecular weight is 488 g/mol. The second kappa shape index (κ2) is 9.85. The number of halogens is 3. The van der Waals surface area contributed by atoms with Crippen molar-refractivity contribution in [1.82, 2.24) is 25.2 Å². The molecule has 1 atom stereocenters. The van der Waals surface area contributed by atoms with E-state index in [1.807, 2.05) is 12.3 Å². The summed E-state index contributed by atoms with van der Waals surface area (Å²) in [5, 5.41) is 3.49. The van der Waals surface area contributed by atoms with Crippen LogP contribution in [0.25, 0.3) is 11.2 Å². The van der Waals surface area contributed by atoms with Gasteiger partial charge in [-0.05, 0) is 74.0 Å². The van der Waals surface area contributed by atoms with Crippen molar-refractivity contribution >= 4 is 17.1 Å². The standard InChI is InChI=1S/C25H28F3N5O2/c26-25(27,28)35-19-6-4-17(5-7-19)24(34)33-13-9-16(10-14-33)20-8-12-30-23-21(20)31-22(32-23)18-3-1-2-11-29-15-18/h4-8,12,16,18,29H,1-3,9-11,13-15H2,(H,30,31,32)/t18-/m1/s1. The molecule has 0 aliphatic carbocycles. The fourth-order valence-electron chi connectivity index (χ4n) is 5.10. The maximum atomic E-state index is 12.9. The number of benzene rings is 1. The van der Waals surface area contributed by atoms with Gasteiger partial charge in [0, 0.05) is 37.3 Å². The van der Waals surface area contributed by atoms with Crippen LogP contribution in [-0.4, -0.2) is 58.3 Å². The van der Waals surface area contributed by atoms with E-state index in [4.69, 9.17) is 4.98 Å². The van der Waals surface area contributed by atoms with Crippen LogP contribution < -0.4 is 10.1 Å². The van der Waals surface area contributed by atoms with Crippen LogP contribution in [0.1, 0.15) is 65.7 Å². The molecule has 2 saturated heterocycles. The minimum atomic E-state index is -4.76. The van der Waals surface area contributed by atoms with Crippen LogP contribution in [0.15, 0.2) is 36.5 Å². The minimum Gasteiger partial charge on any atom is -0.406 e. The maximum Gasteiger partial charge on any atom is 0.573 e. The van der Waals surface area contributed by atoms with Gasteiger partial charge in [0.25, 0.3) is 5.91 Å². The van der Waals surface area contributed by atoms with Gasteiger partial charge in [-0.25, -0.2) is 9.97 Å². The summed E-state index contributed by atoms with van der Waals surface area (Å²) in [6, 6.07) is 7.10. The van der Waals surface area contributed by atoms with Crippen molar-refractivity contribution < 1.29 is 22.7 Å². The summed E-state index contributed by atoms with van der Waals surface area (Å²) in [5.41, 5.74) is 3.22. The van der Waals surface area contributed by atoms with E-state index in [1.54, 1.807) is 4.90 Å². The molecule has 0 saturated carbocycles. The number of pyridine rings is 1. The molecular formula is C25H28F3N5O2. The van der Waals surface area contributed by atoms with E-state index >= 15 is 0 Å². The number of hydrogen-bond donors (Lipinski definition) is 2. The Kier molecular flexibility index (Phi) is 6.64. The van der Waals surface area contributed by atoms with E-state index in [0.29, 0.717) is 24.6 Å². The Hall–Kier alpha value is -3.14. The molecule has 2 aliphatic heterocycles. The molecule has 0 bridgehead atoms. The lowest BCUT2D eigenvalue weighted by Crippen LogP contribution is -2.38. The molecule has 4 heterocycles. The number of piperidine rings is 1. The Morgan fingerprint density at radius 3 is 2.54 bits per heavy atom. The van der Waals surface area contributed by atoms with Gasteiger partial charge in [0.05, 0.1) is 0 Å². The molecule has 2 N–H and O–H groups in total. The third kappa shape index (κ3) is 5.42. The molecule has 1 amide bonds. The summed E-state index contributed by atoms with van der Waals surface area (Å²) in [4.78, 5) is 27.5. The predicted molar refractivity (Wildman–Crippen MR) is 124 cm³/mol. The highest BCUT2D eigenvalue weighted by atomic mass is 19.4. The first-order valence-electron chi connectivity index (χ1n) is 12.1. The van der Waals surface area contributed by atoms with Crippen LogP contribution in [0.4, 0.5) is 13.2 Å². The van der Waals surface area contributed by atoms with Crippen molar-refractivity contribution in [2.45, 2.75) is 50.3 Å². The summed E-state index contributed by atoms with van der Waals surface area (Å²) in [6.07, 6.45) is 2.09. The van der Waals surface area contributed by atoms with Crippen LogP contribution in [0.2, 0.25) is 0 Å². The average Bonchev–Trinajstić information content (AvgIpc) is 3.10. The highest BCUT2D eigenvalue weighted by Gasteiger charge is 2.31. The fourth-order valence-corrected chi connectivity index (χ4v) is 5.10. The summed E-state index contributed by atoms with van der Waals surface area (Å²) in [5.74, 6) is 1.07. The highest BCUT2D eigenvalue weighted by Crippen LogP contribution is 2.33. The zero-order valence-electron chi connectivity index (χ0n) is 19.3. The number of nitrogens with zero attached hydrogens (tertiary/aromatic N) is 3. The summed E-state index contributed by atoms with van der Waals surface area (Å²) in [7, 11) is 0. The molecule has 186 valence electrons. The van der Waals surface area contributed by atoms with E-state index in [-0.39, 0.29) is 17.6 Å². The Morgan fingerprint density at radius 2 is 1.80 bits per heavy atom. The first-order chi connectivity index (χ1) is 16.9. The van der Waals surface area contributed by atoms with Crippen LogP contribution in [-0.2, 0) is 0 Å². The quantitative estimate of drug-likeness (QED) is 0.556. The van der Waals surface area contributed by atoms with Crippen molar-refractivity contribution in [3.8, 4) is 5.75 Å². The van der Waals surface area contributed by atoms with E-state index in [0.717, 1.165) is 54.9 Å². The van der Waals surface area contributed by atoms with Crippen LogP contribution in [0, 0.1) is 0 Å². The second-order valence-electron chi connectivity index (χ2n) is 9.25. The number of nitrogens with one attached hydrogen (secondary N) is 2. The maximum absolute atomic E-state index is 12.9. The van der Waals surface area contributed by atoms with E-state index < -0.39 is 6.36 Å². The Balaban J connectivity index is 1.25. The lowest BCUT2D eigenvalue weighted by atomic mass is 9.89. The monoisotopic (exact) mass is 487 g/mol. The fraction of sp³-hybridized carbons (Fsp3) is 0.480. The molecule has 2 fully saturated rings. The molecule has 5 rings (SSSR count). The Morgan fingerprint density at radius 1 is 1.03 bits per heavy atom. The number of alkyl halides is 3. The molecule has 0 radical (unpaired) electrons. The number of aromatic nitrogens is 3. The molecule has 7 nitrogen and oxygen atoms in total. The number of ether oxygens (including phenoxy) is 1. The molecule has 1 aromatic carbocycles. The molecule has 3 aromatic rings. The van der Waals surface area contributed by atoms with Crippen LogP contribution in [0.3, 0.4) is 0 Å². The smallest absolute Gasteiger partial charge is 0.406 e. The van der Waals surface area contributed by atoms with Gasteiger partial charge >= 0.3 is 6.36 Å². The third-order valence-corrected chi connectivity index (χ3v) is 6.92. The number of likely N-dealkylation sites (tertiary alicyclic amines) is 1. The number of amides is 1. The molecule has 0 unspecified atom stereocenters. The van der Waals surface area contributed by atoms with Gasteiger partial charge in [-0.2, -0.15) is 0 Å². The van der Waals surface area contributed by atoms with Gasteiger partial charge in [0.1, 0.15) is 17.1 Å². The molecule has 0 spiro atoms. The number of imidazole rings is 1. The number of fused-ring (bicyclic) bond motifs is 1. The van der Waals surface area contributed by atoms with Crippen molar-refractivity contribution in [2.24, 2.45) is 0 Å². The summed E-state index contributed by atoms with van der Waals surface area (Å²) < 4.78 is 41.0. The van der Waals surface area contributed by atoms with Gasteiger partial charge in [0.2, 0.25) is 0 Å². The van der Waals surface area contributed by atoms with E-state index in [9.17, 15) is 18.0 Å². The van der Waals surface area contributed by atoms with E-state index in [2.05, 4.69) is 20.0 Å². The molecular weight excluding hydrogens is 459 g/mol. The SMILES string of the molecule is O=C(c1ccc(OC(F)(F)F)cc1)N1CCC(c2ccnc3[nH]c([C@@H]4CCCCNC4)nc23)CC1. The summed E-state index contributed by atoms with van der Waals surface area (Å²) in [6.45, 7) is 3.10. The zero-order valence-corrected chi connectivity index (χ0v) is 19.3. The van der Waals surface area contributed by atoms with Gasteiger partial charge in [-0.3, -0.25) is 4.79 Å². The Labute approximate surface area is 201 Å². The predicted octanol–water partition coefficient (Wildman–Crippen LogP) is 4.73.